The number of hydrogen-bond donors (Lipinski definition) is 1. The maximum Gasteiger partial charge on any atom is 0.102 e. The minimum atomic E-state index is 0.0195. The second-order valence-corrected chi connectivity index (χ2v) is 4.91. The summed E-state index contributed by atoms with van der Waals surface area (Å²) in [5, 5.41) is 0. The average molecular weight is 265 g/mol. The Bertz CT molecular complexity index is 384. The number of ether oxygens (including phenoxy) is 2. The molecule has 0 aliphatic carbocycles. The third kappa shape index (κ3) is 3.05. The lowest BCUT2D eigenvalue weighted by Gasteiger charge is -2.18. The molecule has 0 amide bonds. The van der Waals surface area contributed by atoms with Gasteiger partial charge in [-0.3, -0.25) is 4.98 Å². The third-order valence-electron chi connectivity index (χ3n) is 3.78. The molecule has 19 heavy (non-hydrogen) atoms. The fourth-order valence-corrected chi connectivity index (χ4v) is 2.42. The fourth-order valence-electron chi connectivity index (χ4n) is 2.42. The van der Waals surface area contributed by atoms with E-state index in [0.29, 0.717) is 0 Å². The van der Waals surface area contributed by atoms with E-state index in [1.54, 1.807) is 14.2 Å². The summed E-state index contributed by atoms with van der Waals surface area (Å²) >= 11 is 0. The zero-order chi connectivity index (χ0) is 13.8. The molecule has 2 rings (SSSR count). The topological polar surface area (TPSA) is 60.6 Å². The van der Waals surface area contributed by atoms with Crippen LogP contribution in [0.2, 0.25) is 0 Å². The second kappa shape index (κ2) is 6.32. The minimum Gasteiger partial charge on any atom is -0.377 e. The first kappa shape index (κ1) is 14.2. The van der Waals surface area contributed by atoms with E-state index < -0.39 is 0 Å². The van der Waals surface area contributed by atoms with Crippen molar-refractivity contribution >= 4 is 5.69 Å². The highest BCUT2D eigenvalue weighted by Gasteiger charge is 2.33. The van der Waals surface area contributed by atoms with Gasteiger partial charge in [-0.2, -0.15) is 0 Å². The van der Waals surface area contributed by atoms with Crippen molar-refractivity contribution in [3.05, 3.63) is 24.0 Å². The monoisotopic (exact) mass is 265 g/mol. The molecule has 3 unspecified atom stereocenters. The van der Waals surface area contributed by atoms with Crippen LogP contribution in [0.25, 0.3) is 0 Å². The Morgan fingerprint density at radius 1 is 1.32 bits per heavy atom. The van der Waals surface area contributed by atoms with Crippen LogP contribution in [-0.4, -0.2) is 44.5 Å². The Kier molecular flexibility index (Phi) is 4.74. The molecule has 5 heteroatoms. The van der Waals surface area contributed by atoms with E-state index in [2.05, 4.69) is 22.9 Å². The molecule has 2 heterocycles. The lowest BCUT2D eigenvalue weighted by Crippen LogP contribution is -2.27. The maximum absolute atomic E-state index is 5.97. The molecule has 3 atom stereocenters. The Hall–Kier alpha value is -1.17. The predicted octanol–water partition coefficient (Wildman–Crippen LogP) is 1.34. The highest BCUT2D eigenvalue weighted by Crippen LogP contribution is 2.23. The zero-order valence-electron chi connectivity index (χ0n) is 11.9. The molecule has 1 aliphatic heterocycles. The van der Waals surface area contributed by atoms with Gasteiger partial charge >= 0.3 is 0 Å². The largest absolute Gasteiger partial charge is 0.377 e. The van der Waals surface area contributed by atoms with Crippen LogP contribution in [0.1, 0.15) is 25.1 Å². The van der Waals surface area contributed by atoms with Crippen LogP contribution >= 0.6 is 0 Å². The number of rotatable bonds is 5. The normalized spacial score (nSPS) is 24.7. The van der Waals surface area contributed by atoms with Crippen molar-refractivity contribution in [3.63, 3.8) is 0 Å². The lowest BCUT2D eigenvalue weighted by molar-refractivity contribution is -0.00461. The van der Waals surface area contributed by atoms with Gasteiger partial charge in [0, 0.05) is 33.4 Å². The number of anilines is 1. The van der Waals surface area contributed by atoms with Crippen LogP contribution in [0.4, 0.5) is 5.69 Å². The summed E-state index contributed by atoms with van der Waals surface area (Å²) in [6.07, 6.45) is 3.01. The minimum absolute atomic E-state index is 0.0195. The molecule has 0 bridgehead atoms. The number of pyridine rings is 1. The lowest BCUT2D eigenvalue weighted by atomic mass is 10.1. The molecule has 106 valence electrons. The smallest absolute Gasteiger partial charge is 0.102 e. The van der Waals surface area contributed by atoms with Gasteiger partial charge in [-0.25, -0.2) is 0 Å². The number of methoxy groups -OCH3 is 2. The van der Waals surface area contributed by atoms with Gasteiger partial charge in [0.05, 0.1) is 17.6 Å². The summed E-state index contributed by atoms with van der Waals surface area (Å²) in [4.78, 5) is 6.68. The summed E-state index contributed by atoms with van der Waals surface area (Å²) in [7, 11) is 3.45. The Balaban J connectivity index is 2.07. The number of aromatic nitrogens is 1. The summed E-state index contributed by atoms with van der Waals surface area (Å²) in [6, 6.07) is 4.10. The molecule has 1 aromatic heterocycles. The van der Waals surface area contributed by atoms with Gasteiger partial charge in [-0.1, -0.05) is 6.92 Å². The van der Waals surface area contributed by atoms with Gasteiger partial charge in [0.2, 0.25) is 0 Å². The van der Waals surface area contributed by atoms with Gasteiger partial charge in [-0.15, -0.1) is 0 Å². The van der Waals surface area contributed by atoms with Crippen LogP contribution in [-0.2, 0) is 9.47 Å². The summed E-state index contributed by atoms with van der Waals surface area (Å²) < 4.78 is 10.9. The number of hydrogen-bond acceptors (Lipinski definition) is 5. The molecule has 0 radical (unpaired) electrons. The van der Waals surface area contributed by atoms with Crippen molar-refractivity contribution < 1.29 is 9.47 Å². The quantitative estimate of drug-likeness (QED) is 0.870. The zero-order valence-corrected chi connectivity index (χ0v) is 11.9. The van der Waals surface area contributed by atoms with E-state index in [1.165, 1.54) is 0 Å². The van der Waals surface area contributed by atoms with Crippen molar-refractivity contribution in [2.45, 2.75) is 31.6 Å². The predicted molar refractivity (Wildman–Crippen MR) is 75.3 cm³/mol. The highest BCUT2D eigenvalue weighted by molar-refractivity contribution is 5.46. The van der Waals surface area contributed by atoms with E-state index in [9.17, 15) is 0 Å². The second-order valence-electron chi connectivity index (χ2n) is 4.91. The molecule has 0 saturated carbocycles. The van der Waals surface area contributed by atoms with E-state index in [-0.39, 0.29) is 18.2 Å². The molecule has 0 spiro atoms. The van der Waals surface area contributed by atoms with Crippen LogP contribution in [0.3, 0.4) is 0 Å². The first-order valence-electron chi connectivity index (χ1n) is 6.71. The molecule has 5 nitrogen and oxygen atoms in total. The fraction of sp³-hybridized carbons (Fsp3) is 0.643. The number of nitrogens with zero attached hydrogens (tertiary/aromatic N) is 2. The summed E-state index contributed by atoms with van der Waals surface area (Å²) in [6.45, 7) is 3.72. The SMILES string of the molecule is CCC(N)c1ccc(N2CC(OC)C(OC)C2)cn1. The first-order valence-corrected chi connectivity index (χ1v) is 6.71. The molecule has 1 aliphatic rings. The van der Waals surface area contributed by atoms with Crippen molar-refractivity contribution in [1.82, 2.24) is 4.98 Å². The van der Waals surface area contributed by atoms with Gasteiger partial charge in [0.1, 0.15) is 12.2 Å². The van der Waals surface area contributed by atoms with Crippen LogP contribution in [0.5, 0.6) is 0 Å². The summed E-state index contributed by atoms with van der Waals surface area (Å²) in [5.74, 6) is 0. The van der Waals surface area contributed by atoms with Crippen molar-refractivity contribution in [2.24, 2.45) is 5.73 Å². The molecule has 1 aromatic rings. The van der Waals surface area contributed by atoms with Gasteiger partial charge in [0.15, 0.2) is 0 Å². The highest BCUT2D eigenvalue weighted by atomic mass is 16.5. The van der Waals surface area contributed by atoms with Gasteiger partial charge in [-0.05, 0) is 18.6 Å². The molecule has 1 saturated heterocycles. The van der Waals surface area contributed by atoms with E-state index in [4.69, 9.17) is 15.2 Å². The Morgan fingerprint density at radius 3 is 2.37 bits per heavy atom. The molecule has 2 N–H and O–H groups in total. The van der Waals surface area contributed by atoms with E-state index in [0.717, 1.165) is 30.9 Å². The van der Waals surface area contributed by atoms with Crippen LogP contribution in [0, 0.1) is 0 Å². The standard InChI is InChI=1S/C14H23N3O2/c1-4-11(15)12-6-5-10(7-16-12)17-8-13(18-2)14(9-17)19-3/h5-7,11,13-14H,4,8-9,15H2,1-3H3. The Morgan fingerprint density at radius 2 is 1.95 bits per heavy atom. The van der Waals surface area contributed by atoms with Crippen molar-refractivity contribution in [2.75, 3.05) is 32.2 Å². The number of nitrogens with two attached hydrogens (primary N) is 1. The average Bonchev–Trinajstić information content (AvgIpc) is 2.89. The molecular weight excluding hydrogens is 242 g/mol. The summed E-state index contributed by atoms with van der Waals surface area (Å²) in [5.41, 5.74) is 8.00. The van der Waals surface area contributed by atoms with Gasteiger partial charge in [0.25, 0.3) is 0 Å². The van der Waals surface area contributed by atoms with Crippen molar-refractivity contribution in [1.29, 1.82) is 0 Å². The van der Waals surface area contributed by atoms with Crippen molar-refractivity contribution in [3.8, 4) is 0 Å². The van der Waals surface area contributed by atoms with E-state index in [1.807, 2.05) is 12.3 Å². The maximum atomic E-state index is 5.97. The van der Waals surface area contributed by atoms with E-state index >= 15 is 0 Å². The molecule has 0 aromatic carbocycles. The Labute approximate surface area is 114 Å². The molecular formula is C14H23N3O2. The van der Waals surface area contributed by atoms with Gasteiger partial charge < -0.3 is 20.1 Å². The van der Waals surface area contributed by atoms with Crippen LogP contribution in [0.15, 0.2) is 18.3 Å². The third-order valence-corrected chi connectivity index (χ3v) is 3.78. The van der Waals surface area contributed by atoms with Crippen LogP contribution < -0.4 is 10.6 Å². The first-order chi connectivity index (χ1) is 9.19. The molecule has 1 fully saturated rings.